The standard InChI is InChI=1S/C20H18FNO4/c1-12-9-20(24)26-18-10-16(7-8-17(12)18)25-11-19(23)22-13(2)14-3-5-15(21)6-4-14/h3-10,13H,11H2,1-2H3,(H,22,23)/t13-/m0/s1. The predicted octanol–water partition coefficient (Wildman–Crippen LogP) is 3.50. The Labute approximate surface area is 149 Å². The maximum Gasteiger partial charge on any atom is 0.336 e. The number of ether oxygens (including phenoxy) is 1. The van der Waals surface area contributed by atoms with Gasteiger partial charge in [0.15, 0.2) is 6.61 Å². The molecule has 1 N–H and O–H groups in total. The second-order valence-electron chi connectivity index (χ2n) is 6.04. The van der Waals surface area contributed by atoms with Crippen LogP contribution in [0, 0.1) is 12.7 Å². The maximum absolute atomic E-state index is 12.9. The van der Waals surface area contributed by atoms with Gasteiger partial charge in [0.05, 0.1) is 6.04 Å². The lowest BCUT2D eigenvalue weighted by Crippen LogP contribution is -2.31. The van der Waals surface area contributed by atoms with E-state index in [2.05, 4.69) is 5.32 Å². The average Bonchev–Trinajstić information content (AvgIpc) is 2.60. The minimum atomic E-state index is -0.432. The van der Waals surface area contributed by atoms with E-state index in [1.54, 1.807) is 37.3 Å². The van der Waals surface area contributed by atoms with E-state index in [9.17, 15) is 14.0 Å². The topological polar surface area (TPSA) is 68.5 Å². The largest absolute Gasteiger partial charge is 0.484 e. The van der Waals surface area contributed by atoms with E-state index in [1.165, 1.54) is 18.2 Å². The number of benzene rings is 2. The van der Waals surface area contributed by atoms with Crippen molar-refractivity contribution < 1.29 is 18.3 Å². The molecule has 5 nitrogen and oxygen atoms in total. The van der Waals surface area contributed by atoms with Crippen LogP contribution in [-0.4, -0.2) is 12.5 Å². The fourth-order valence-corrected chi connectivity index (χ4v) is 2.66. The Balaban J connectivity index is 1.63. The summed E-state index contributed by atoms with van der Waals surface area (Å²) in [6, 6.07) is 12.2. The second-order valence-corrected chi connectivity index (χ2v) is 6.04. The maximum atomic E-state index is 12.9. The lowest BCUT2D eigenvalue weighted by molar-refractivity contribution is -0.123. The van der Waals surface area contributed by atoms with Gasteiger partial charge >= 0.3 is 5.63 Å². The van der Waals surface area contributed by atoms with Crippen molar-refractivity contribution in [3.8, 4) is 5.75 Å². The van der Waals surface area contributed by atoms with Crippen molar-refractivity contribution in [3.05, 3.63) is 75.9 Å². The molecule has 0 aliphatic rings. The zero-order valence-corrected chi connectivity index (χ0v) is 14.4. The quantitative estimate of drug-likeness (QED) is 0.711. The summed E-state index contributed by atoms with van der Waals surface area (Å²) in [6.45, 7) is 3.44. The number of rotatable bonds is 5. The molecule has 1 amide bonds. The lowest BCUT2D eigenvalue weighted by Gasteiger charge is -2.15. The van der Waals surface area contributed by atoms with Gasteiger partial charge in [0.1, 0.15) is 17.1 Å². The zero-order valence-electron chi connectivity index (χ0n) is 14.4. The first-order chi connectivity index (χ1) is 12.4. The summed E-state index contributed by atoms with van der Waals surface area (Å²) < 4.78 is 23.6. The van der Waals surface area contributed by atoms with E-state index in [4.69, 9.17) is 9.15 Å². The van der Waals surface area contributed by atoms with Crippen LogP contribution in [0.2, 0.25) is 0 Å². The molecule has 1 atom stereocenters. The molecule has 0 aliphatic heterocycles. The molecular weight excluding hydrogens is 337 g/mol. The van der Waals surface area contributed by atoms with Gasteiger partial charge in [-0.05, 0) is 49.2 Å². The highest BCUT2D eigenvalue weighted by Gasteiger charge is 2.11. The van der Waals surface area contributed by atoms with Crippen LogP contribution in [0.25, 0.3) is 11.0 Å². The molecule has 0 radical (unpaired) electrons. The Morgan fingerprint density at radius 2 is 1.92 bits per heavy atom. The van der Waals surface area contributed by atoms with Gasteiger partial charge < -0.3 is 14.5 Å². The van der Waals surface area contributed by atoms with Crippen LogP contribution in [-0.2, 0) is 4.79 Å². The number of carbonyl (C=O) groups is 1. The number of fused-ring (bicyclic) bond motifs is 1. The molecule has 0 saturated carbocycles. The molecule has 0 unspecified atom stereocenters. The van der Waals surface area contributed by atoms with Crippen LogP contribution in [0.1, 0.15) is 24.1 Å². The minimum absolute atomic E-state index is 0.187. The minimum Gasteiger partial charge on any atom is -0.484 e. The summed E-state index contributed by atoms with van der Waals surface area (Å²) in [5, 5.41) is 3.59. The third-order valence-corrected chi connectivity index (χ3v) is 4.04. The van der Waals surface area contributed by atoms with E-state index >= 15 is 0 Å². The van der Waals surface area contributed by atoms with Gasteiger partial charge in [0.2, 0.25) is 0 Å². The van der Waals surface area contributed by atoms with Crippen LogP contribution in [0.15, 0.2) is 57.7 Å². The van der Waals surface area contributed by atoms with Gasteiger partial charge in [0.25, 0.3) is 5.91 Å². The van der Waals surface area contributed by atoms with Gasteiger partial charge in [-0.1, -0.05) is 12.1 Å². The van der Waals surface area contributed by atoms with E-state index < -0.39 is 5.63 Å². The predicted molar refractivity (Wildman–Crippen MR) is 95.7 cm³/mol. The Morgan fingerprint density at radius 1 is 1.19 bits per heavy atom. The molecule has 3 rings (SSSR count). The summed E-state index contributed by atoms with van der Waals surface area (Å²) in [6.07, 6.45) is 0. The Hall–Kier alpha value is -3.15. The normalized spacial score (nSPS) is 12.0. The summed E-state index contributed by atoms with van der Waals surface area (Å²) in [5.41, 5.74) is 1.59. The first-order valence-electron chi connectivity index (χ1n) is 8.14. The fraction of sp³-hybridized carbons (Fsp3) is 0.200. The molecule has 0 spiro atoms. The van der Waals surface area contributed by atoms with Crippen molar-refractivity contribution in [3.63, 3.8) is 0 Å². The van der Waals surface area contributed by atoms with E-state index in [-0.39, 0.29) is 24.4 Å². The molecule has 0 saturated heterocycles. The molecule has 6 heteroatoms. The van der Waals surface area contributed by atoms with Gasteiger partial charge in [-0.3, -0.25) is 4.79 Å². The van der Waals surface area contributed by atoms with E-state index in [0.29, 0.717) is 11.3 Å². The monoisotopic (exact) mass is 355 g/mol. The molecule has 0 fully saturated rings. The Bertz CT molecular complexity index is 995. The highest BCUT2D eigenvalue weighted by molar-refractivity contribution is 5.81. The Kier molecular flexibility index (Phi) is 5.02. The molecule has 2 aromatic carbocycles. The van der Waals surface area contributed by atoms with Crippen LogP contribution >= 0.6 is 0 Å². The lowest BCUT2D eigenvalue weighted by atomic mass is 10.1. The first kappa shape index (κ1) is 17.7. The fourth-order valence-electron chi connectivity index (χ4n) is 2.66. The van der Waals surface area contributed by atoms with E-state index in [1.807, 2.05) is 6.92 Å². The molecule has 3 aromatic rings. The van der Waals surface area contributed by atoms with Crippen LogP contribution in [0.3, 0.4) is 0 Å². The van der Waals surface area contributed by atoms with Crippen LogP contribution in [0.4, 0.5) is 4.39 Å². The number of halogens is 1. The van der Waals surface area contributed by atoms with Gasteiger partial charge in [0, 0.05) is 17.5 Å². The molecular formula is C20H18FNO4. The third kappa shape index (κ3) is 4.08. The van der Waals surface area contributed by atoms with Crippen LogP contribution in [0.5, 0.6) is 5.75 Å². The highest BCUT2D eigenvalue weighted by atomic mass is 19.1. The summed E-state index contributed by atoms with van der Waals surface area (Å²) in [7, 11) is 0. The smallest absolute Gasteiger partial charge is 0.336 e. The summed E-state index contributed by atoms with van der Waals surface area (Å²) in [5.74, 6) is -0.211. The summed E-state index contributed by atoms with van der Waals surface area (Å²) in [4.78, 5) is 23.5. The van der Waals surface area contributed by atoms with Crippen LogP contribution < -0.4 is 15.7 Å². The number of carbonyl (C=O) groups excluding carboxylic acids is 1. The number of nitrogens with one attached hydrogen (secondary N) is 1. The van der Waals surface area contributed by atoms with Gasteiger partial charge in [-0.15, -0.1) is 0 Å². The molecule has 134 valence electrons. The van der Waals surface area contributed by atoms with Gasteiger partial charge in [-0.2, -0.15) is 0 Å². The van der Waals surface area contributed by atoms with E-state index in [0.717, 1.165) is 16.5 Å². The van der Waals surface area contributed by atoms with Crippen molar-refractivity contribution in [2.45, 2.75) is 19.9 Å². The molecule has 26 heavy (non-hydrogen) atoms. The van der Waals surface area contributed by atoms with Crippen molar-refractivity contribution in [1.82, 2.24) is 5.32 Å². The number of hydrogen-bond donors (Lipinski definition) is 1. The second kappa shape index (κ2) is 7.39. The molecule has 1 heterocycles. The zero-order chi connectivity index (χ0) is 18.7. The number of amides is 1. The Morgan fingerprint density at radius 3 is 2.65 bits per heavy atom. The molecule has 0 bridgehead atoms. The first-order valence-corrected chi connectivity index (χ1v) is 8.14. The SMILES string of the molecule is Cc1cc(=O)oc2cc(OCC(=O)N[C@@H](C)c3ccc(F)cc3)ccc12. The number of aryl methyl sites for hydroxylation is 1. The van der Waals surface area contributed by atoms with Crippen molar-refractivity contribution in [2.75, 3.05) is 6.61 Å². The highest BCUT2D eigenvalue weighted by Crippen LogP contribution is 2.22. The van der Waals surface area contributed by atoms with Crippen molar-refractivity contribution in [2.24, 2.45) is 0 Å². The third-order valence-electron chi connectivity index (χ3n) is 4.04. The van der Waals surface area contributed by atoms with Crippen molar-refractivity contribution in [1.29, 1.82) is 0 Å². The summed E-state index contributed by atoms with van der Waals surface area (Å²) >= 11 is 0. The van der Waals surface area contributed by atoms with Crippen molar-refractivity contribution >= 4 is 16.9 Å². The number of hydrogen-bond acceptors (Lipinski definition) is 4. The molecule has 1 aromatic heterocycles. The van der Waals surface area contributed by atoms with Gasteiger partial charge in [-0.25, -0.2) is 9.18 Å². The average molecular weight is 355 g/mol. The molecule has 0 aliphatic carbocycles.